The lowest BCUT2D eigenvalue weighted by Crippen LogP contribution is -2.51. The summed E-state index contributed by atoms with van der Waals surface area (Å²) in [6.45, 7) is 7.88. The predicted octanol–water partition coefficient (Wildman–Crippen LogP) is 2.20. The first-order valence-electron chi connectivity index (χ1n) is 9.81. The minimum atomic E-state index is -0.530. The van der Waals surface area contributed by atoms with Crippen LogP contribution in [0.4, 0.5) is 4.79 Å². The molecule has 0 radical (unpaired) electrons. The van der Waals surface area contributed by atoms with Crippen LogP contribution in [0.5, 0.6) is 0 Å². The second-order valence-electron chi connectivity index (χ2n) is 7.93. The van der Waals surface area contributed by atoms with Gasteiger partial charge in [-0.2, -0.15) is 0 Å². The van der Waals surface area contributed by atoms with E-state index >= 15 is 0 Å². The number of carbonyl (C=O) groups is 3. The van der Waals surface area contributed by atoms with Crippen LogP contribution in [0.1, 0.15) is 39.2 Å². The van der Waals surface area contributed by atoms with Crippen molar-refractivity contribution >= 4 is 17.9 Å². The molecule has 1 aliphatic heterocycles. The number of piperazine rings is 1. The van der Waals surface area contributed by atoms with E-state index in [1.165, 1.54) is 5.56 Å². The Kier molecular flexibility index (Phi) is 7.84. The van der Waals surface area contributed by atoms with Gasteiger partial charge in [-0.15, -0.1) is 0 Å². The highest BCUT2D eigenvalue weighted by Crippen LogP contribution is 2.12. The van der Waals surface area contributed by atoms with Crippen molar-refractivity contribution in [1.82, 2.24) is 15.1 Å². The summed E-state index contributed by atoms with van der Waals surface area (Å²) in [6.07, 6.45) is 0.786. The summed E-state index contributed by atoms with van der Waals surface area (Å²) in [5.41, 5.74) is 0.638. The maximum atomic E-state index is 12.3. The van der Waals surface area contributed by atoms with Gasteiger partial charge in [0.1, 0.15) is 5.60 Å². The highest BCUT2D eigenvalue weighted by molar-refractivity contribution is 5.84. The number of nitrogens with one attached hydrogen (secondary N) is 1. The summed E-state index contributed by atoms with van der Waals surface area (Å²) in [7, 11) is 0. The van der Waals surface area contributed by atoms with Crippen molar-refractivity contribution in [1.29, 1.82) is 0 Å². The summed E-state index contributed by atoms with van der Waals surface area (Å²) in [6, 6.07) is 9.94. The van der Waals surface area contributed by atoms with Crippen LogP contribution < -0.4 is 5.32 Å². The van der Waals surface area contributed by atoms with E-state index < -0.39 is 5.60 Å². The largest absolute Gasteiger partial charge is 0.444 e. The molecule has 1 aliphatic rings. The molecule has 154 valence electrons. The van der Waals surface area contributed by atoms with Gasteiger partial charge in [-0.25, -0.2) is 4.79 Å². The molecule has 7 nitrogen and oxygen atoms in total. The number of rotatable bonds is 6. The molecule has 1 aromatic carbocycles. The van der Waals surface area contributed by atoms with Crippen molar-refractivity contribution in [2.45, 2.75) is 45.6 Å². The molecule has 1 N–H and O–H groups in total. The number of amides is 3. The smallest absolute Gasteiger partial charge is 0.410 e. The third-order valence-corrected chi connectivity index (χ3v) is 4.43. The van der Waals surface area contributed by atoms with Crippen molar-refractivity contribution in [2.24, 2.45) is 0 Å². The molecule has 1 heterocycles. The number of ether oxygens (including phenoxy) is 1. The van der Waals surface area contributed by atoms with Crippen molar-refractivity contribution in [3.05, 3.63) is 35.9 Å². The number of nitrogens with zero attached hydrogens (tertiary/aromatic N) is 2. The second kappa shape index (κ2) is 10.1. The third-order valence-electron chi connectivity index (χ3n) is 4.43. The molecule has 0 unspecified atom stereocenters. The number of hydrogen-bond donors (Lipinski definition) is 1. The average molecular weight is 389 g/mol. The number of hydrogen-bond acceptors (Lipinski definition) is 4. The van der Waals surface area contributed by atoms with Crippen LogP contribution in [-0.2, 0) is 20.7 Å². The Hall–Kier alpha value is -2.57. The molecular weight excluding hydrogens is 358 g/mol. The molecule has 3 amide bonds. The Morgan fingerprint density at radius 1 is 0.964 bits per heavy atom. The Labute approximate surface area is 167 Å². The van der Waals surface area contributed by atoms with E-state index in [2.05, 4.69) is 5.32 Å². The van der Waals surface area contributed by atoms with Gasteiger partial charge in [-0.1, -0.05) is 30.3 Å². The van der Waals surface area contributed by atoms with Crippen LogP contribution in [0.25, 0.3) is 0 Å². The second-order valence-corrected chi connectivity index (χ2v) is 7.93. The summed E-state index contributed by atoms with van der Waals surface area (Å²) < 4.78 is 5.35. The van der Waals surface area contributed by atoms with Gasteiger partial charge in [0.25, 0.3) is 0 Å². The molecule has 0 saturated carbocycles. The molecule has 0 spiro atoms. The Bertz CT molecular complexity index is 662. The Morgan fingerprint density at radius 2 is 1.57 bits per heavy atom. The van der Waals surface area contributed by atoms with Gasteiger partial charge in [0.2, 0.25) is 11.8 Å². The van der Waals surface area contributed by atoms with E-state index in [0.29, 0.717) is 32.7 Å². The fourth-order valence-electron chi connectivity index (χ4n) is 2.92. The molecule has 1 fully saturated rings. The monoisotopic (exact) mass is 389 g/mol. The van der Waals surface area contributed by atoms with E-state index in [9.17, 15) is 14.4 Å². The van der Waals surface area contributed by atoms with Crippen LogP contribution >= 0.6 is 0 Å². The van der Waals surface area contributed by atoms with Crippen molar-refractivity contribution in [3.8, 4) is 0 Å². The summed E-state index contributed by atoms with van der Waals surface area (Å²) in [4.78, 5) is 39.6. The fourth-order valence-corrected chi connectivity index (χ4v) is 2.92. The normalized spacial score (nSPS) is 14.5. The minimum absolute atomic E-state index is 0.0537. The zero-order valence-corrected chi connectivity index (χ0v) is 17.1. The molecule has 28 heavy (non-hydrogen) atoms. The zero-order chi connectivity index (χ0) is 20.6. The lowest BCUT2D eigenvalue weighted by atomic mass is 10.1. The molecule has 1 saturated heterocycles. The first kappa shape index (κ1) is 21.7. The van der Waals surface area contributed by atoms with E-state index in [4.69, 9.17) is 4.74 Å². The van der Waals surface area contributed by atoms with Crippen molar-refractivity contribution < 1.29 is 19.1 Å². The Balaban J connectivity index is 1.63. The van der Waals surface area contributed by atoms with Gasteiger partial charge < -0.3 is 19.9 Å². The summed E-state index contributed by atoms with van der Waals surface area (Å²) >= 11 is 0. The topological polar surface area (TPSA) is 79.0 Å². The zero-order valence-electron chi connectivity index (χ0n) is 17.1. The van der Waals surface area contributed by atoms with Crippen LogP contribution in [-0.4, -0.2) is 66.0 Å². The highest BCUT2D eigenvalue weighted by atomic mass is 16.6. The van der Waals surface area contributed by atoms with Crippen LogP contribution in [0.2, 0.25) is 0 Å². The van der Waals surface area contributed by atoms with Gasteiger partial charge in [-0.05, 0) is 32.8 Å². The van der Waals surface area contributed by atoms with Crippen LogP contribution in [0.3, 0.4) is 0 Å². The van der Waals surface area contributed by atoms with Crippen molar-refractivity contribution in [3.63, 3.8) is 0 Å². The fraction of sp³-hybridized carbons (Fsp3) is 0.571. The predicted molar refractivity (Wildman–Crippen MR) is 107 cm³/mol. The molecule has 2 rings (SSSR count). The summed E-state index contributed by atoms with van der Waals surface area (Å²) in [5.74, 6) is -0.168. The first-order chi connectivity index (χ1) is 13.2. The van der Waals surface area contributed by atoms with E-state index in [-0.39, 0.29) is 30.7 Å². The van der Waals surface area contributed by atoms with Gasteiger partial charge in [-0.3, -0.25) is 9.59 Å². The van der Waals surface area contributed by atoms with E-state index in [1.54, 1.807) is 9.80 Å². The lowest BCUT2D eigenvalue weighted by molar-refractivity contribution is -0.135. The lowest BCUT2D eigenvalue weighted by Gasteiger charge is -2.35. The number of carbonyl (C=O) groups excluding carboxylic acids is 3. The minimum Gasteiger partial charge on any atom is -0.444 e. The quantitative estimate of drug-likeness (QED) is 0.809. The van der Waals surface area contributed by atoms with Gasteiger partial charge in [0, 0.05) is 45.6 Å². The average Bonchev–Trinajstić information content (AvgIpc) is 2.66. The van der Waals surface area contributed by atoms with E-state index in [1.807, 2.05) is 51.1 Å². The molecule has 0 aliphatic carbocycles. The Morgan fingerprint density at radius 3 is 2.18 bits per heavy atom. The first-order valence-corrected chi connectivity index (χ1v) is 9.81. The highest BCUT2D eigenvalue weighted by Gasteiger charge is 2.27. The van der Waals surface area contributed by atoms with Gasteiger partial charge >= 0.3 is 6.09 Å². The summed E-state index contributed by atoms with van der Waals surface area (Å²) in [5, 5.41) is 2.85. The standard InChI is InChI=1S/C21H31N3O4/c1-21(2,3)28-20(27)24-15-13-23(14-16-24)19(26)10-9-18(25)22-12-11-17-7-5-4-6-8-17/h4-8H,9-16H2,1-3H3,(H,22,25). The molecule has 1 aromatic rings. The van der Waals surface area contributed by atoms with Crippen molar-refractivity contribution in [2.75, 3.05) is 32.7 Å². The maximum absolute atomic E-state index is 12.3. The SMILES string of the molecule is CC(C)(C)OC(=O)N1CCN(C(=O)CCC(=O)NCCc2ccccc2)CC1. The van der Waals surface area contributed by atoms with Crippen LogP contribution in [0.15, 0.2) is 30.3 Å². The third kappa shape index (κ3) is 7.58. The van der Waals surface area contributed by atoms with E-state index in [0.717, 1.165) is 6.42 Å². The van der Waals surface area contributed by atoms with Gasteiger partial charge in [0.15, 0.2) is 0 Å². The molecular formula is C21H31N3O4. The van der Waals surface area contributed by atoms with Crippen LogP contribution in [0, 0.1) is 0 Å². The number of benzene rings is 1. The molecule has 0 atom stereocenters. The molecule has 0 aromatic heterocycles. The van der Waals surface area contributed by atoms with Gasteiger partial charge in [0.05, 0.1) is 0 Å². The maximum Gasteiger partial charge on any atom is 0.410 e. The molecule has 0 bridgehead atoms. The molecule has 7 heteroatoms.